The Balaban J connectivity index is 1.39. The van der Waals surface area contributed by atoms with Crippen LogP contribution in [0.25, 0.3) is 33.4 Å². The summed E-state index contributed by atoms with van der Waals surface area (Å²) in [6, 6.07) is 26.4. The Bertz CT molecular complexity index is 1160. The molecule has 2 nitrogen and oxygen atoms in total. The Kier molecular flexibility index (Phi) is 5.05. The van der Waals surface area contributed by atoms with Crippen LogP contribution in [0.5, 0.6) is 0 Å². The molecular weight excluding hydrogens is 364 g/mol. The third-order valence-electron chi connectivity index (χ3n) is 5.60. The first-order chi connectivity index (χ1) is 14.9. The van der Waals surface area contributed by atoms with Crippen LogP contribution in [0.1, 0.15) is 11.1 Å². The average molecular weight is 389 g/mol. The van der Waals surface area contributed by atoms with Crippen molar-refractivity contribution in [2.24, 2.45) is 0 Å². The highest BCUT2D eigenvalue weighted by molar-refractivity contribution is 5.78. The number of allylic oxidation sites excluding steroid dienone is 4. The van der Waals surface area contributed by atoms with Gasteiger partial charge in [-0.1, -0.05) is 85.0 Å². The van der Waals surface area contributed by atoms with E-state index in [2.05, 4.69) is 114 Å². The van der Waals surface area contributed by atoms with Gasteiger partial charge in [0.2, 0.25) is 0 Å². The average Bonchev–Trinajstić information content (AvgIpc) is 2.85. The Morgan fingerprint density at radius 2 is 1.30 bits per heavy atom. The maximum absolute atomic E-state index is 3.27. The minimum Gasteiger partial charge on any atom is -0.387 e. The molecule has 0 saturated carbocycles. The molecule has 0 radical (unpaired) electrons. The molecule has 0 bridgehead atoms. The summed E-state index contributed by atoms with van der Waals surface area (Å²) in [5.41, 5.74) is 9.98. The molecule has 2 heteroatoms. The Morgan fingerprint density at radius 3 is 1.90 bits per heavy atom. The van der Waals surface area contributed by atoms with Crippen molar-refractivity contribution in [1.82, 2.24) is 10.6 Å². The molecule has 3 aromatic carbocycles. The number of rotatable bonds is 4. The maximum Gasteiger partial charge on any atom is 0.0401 e. The molecule has 0 spiro atoms. The van der Waals surface area contributed by atoms with Crippen LogP contribution in [-0.4, -0.2) is 13.1 Å². The van der Waals surface area contributed by atoms with Crippen molar-refractivity contribution >= 4 is 11.1 Å². The minimum atomic E-state index is 0.879. The van der Waals surface area contributed by atoms with E-state index >= 15 is 0 Å². The lowest BCUT2D eigenvalue weighted by Gasteiger charge is -2.12. The van der Waals surface area contributed by atoms with Crippen LogP contribution in [0.3, 0.4) is 0 Å². The van der Waals surface area contributed by atoms with Crippen molar-refractivity contribution in [1.29, 1.82) is 0 Å². The first-order valence-electron chi connectivity index (χ1n) is 10.4. The number of nitrogens with one attached hydrogen (secondary N) is 2. The lowest BCUT2D eigenvalue weighted by atomic mass is 9.95. The maximum atomic E-state index is 3.27. The molecule has 0 unspecified atom stereocenters. The molecular formula is C28H24N2. The number of hydrogen-bond donors (Lipinski definition) is 2. The van der Waals surface area contributed by atoms with Crippen LogP contribution in [-0.2, 0) is 0 Å². The first-order valence-corrected chi connectivity index (χ1v) is 10.4. The van der Waals surface area contributed by atoms with Crippen molar-refractivity contribution in [2.75, 3.05) is 13.1 Å². The van der Waals surface area contributed by atoms with Gasteiger partial charge in [-0.25, -0.2) is 0 Å². The van der Waals surface area contributed by atoms with Gasteiger partial charge in [-0.15, -0.1) is 0 Å². The van der Waals surface area contributed by atoms with Gasteiger partial charge in [-0.3, -0.25) is 0 Å². The smallest absolute Gasteiger partial charge is 0.0401 e. The predicted octanol–water partition coefficient (Wildman–Crippen LogP) is 6.02. The topological polar surface area (TPSA) is 24.1 Å². The molecule has 0 fully saturated rings. The molecule has 0 aliphatic carbocycles. The van der Waals surface area contributed by atoms with Crippen molar-refractivity contribution in [3.63, 3.8) is 0 Å². The van der Waals surface area contributed by atoms with Crippen LogP contribution < -0.4 is 10.6 Å². The van der Waals surface area contributed by atoms with Gasteiger partial charge in [0.15, 0.2) is 0 Å². The summed E-state index contributed by atoms with van der Waals surface area (Å²) >= 11 is 0. The summed E-state index contributed by atoms with van der Waals surface area (Å²) < 4.78 is 0. The third-order valence-corrected chi connectivity index (χ3v) is 5.60. The summed E-state index contributed by atoms with van der Waals surface area (Å²) in [6.45, 7) is 1.78. The Labute approximate surface area is 178 Å². The predicted molar refractivity (Wildman–Crippen MR) is 128 cm³/mol. The first kappa shape index (κ1) is 18.3. The highest BCUT2D eigenvalue weighted by Gasteiger charge is 2.06. The van der Waals surface area contributed by atoms with Gasteiger partial charge in [-0.2, -0.15) is 0 Å². The molecule has 2 aliphatic heterocycles. The highest BCUT2D eigenvalue weighted by Crippen LogP contribution is 2.29. The van der Waals surface area contributed by atoms with Crippen LogP contribution >= 0.6 is 0 Å². The zero-order valence-corrected chi connectivity index (χ0v) is 16.8. The van der Waals surface area contributed by atoms with Crippen LogP contribution in [0.2, 0.25) is 0 Å². The van der Waals surface area contributed by atoms with Crippen LogP contribution in [0.4, 0.5) is 0 Å². The lowest BCUT2D eigenvalue weighted by molar-refractivity contribution is 0.976. The van der Waals surface area contributed by atoms with Gasteiger partial charge >= 0.3 is 0 Å². The van der Waals surface area contributed by atoms with E-state index in [9.17, 15) is 0 Å². The molecule has 2 aliphatic rings. The molecule has 0 saturated heterocycles. The third kappa shape index (κ3) is 3.85. The van der Waals surface area contributed by atoms with E-state index in [4.69, 9.17) is 0 Å². The van der Waals surface area contributed by atoms with Gasteiger partial charge < -0.3 is 10.6 Å². The fourth-order valence-corrected chi connectivity index (χ4v) is 3.92. The van der Waals surface area contributed by atoms with Gasteiger partial charge in [0.25, 0.3) is 0 Å². The molecule has 30 heavy (non-hydrogen) atoms. The van der Waals surface area contributed by atoms with E-state index in [0.29, 0.717) is 0 Å². The summed E-state index contributed by atoms with van der Waals surface area (Å²) in [5.74, 6) is 0. The van der Waals surface area contributed by atoms with E-state index in [1.165, 1.54) is 44.5 Å². The van der Waals surface area contributed by atoms with Gasteiger partial charge in [0.1, 0.15) is 0 Å². The lowest BCUT2D eigenvalue weighted by Crippen LogP contribution is -2.11. The van der Waals surface area contributed by atoms with E-state index in [1.54, 1.807) is 0 Å². The van der Waals surface area contributed by atoms with Crippen LogP contribution in [0.15, 0.2) is 110 Å². The second-order valence-corrected chi connectivity index (χ2v) is 7.58. The molecule has 0 atom stereocenters. The quantitative estimate of drug-likeness (QED) is 0.571. The van der Waals surface area contributed by atoms with Crippen LogP contribution in [0, 0.1) is 0 Å². The largest absolute Gasteiger partial charge is 0.387 e. The second-order valence-electron chi connectivity index (χ2n) is 7.58. The second kappa shape index (κ2) is 8.30. The SMILES string of the molecule is C1=CNCC(c2ccc(-c3cccc(-c4ccc(C5=CNCC=C5)cc4)c3)cc2)=C1. The van der Waals surface area contributed by atoms with E-state index in [-0.39, 0.29) is 0 Å². The Morgan fingerprint density at radius 1 is 0.633 bits per heavy atom. The summed E-state index contributed by atoms with van der Waals surface area (Å²) in [6.07, 6.45) is 12.6. The molecule has 146 valence electrons. The molecule has 0 aromatic heterocycles. The molecule has 5 rings (SSSR count). The van der Waals surface area contributed by atoms with E-state index in [1.807, 2.05) is 6.20 Å². The fraction of sp³-hybridized carbons (Fsp3) is 0.0714. The normalized spacial score (nSPS) is 15.1. The number of dihydropyridines is 2. The van der Waals surface area contributed by atoms with Gasteiger partial charge in [0, 0.05) is 19.3 Å². The zero-order valence-electron chi connectivity index (χ0n) is 16.8. The molecule has 2 N–H and O–H groups in total. The van der Waals surface area contributed by atoms with Crippen molar-refractivity contribution < 1.29 is 0 Å². The summed E-state index contributed by atoms with van der Waals surface area (Å²) in [7, 11) is 0. The van der Waals surface area contributed by atoms with Gasteiger partial charge in [-0.05, 0) is 62.9 Å². The number of hydrogen-bond acceptors (Lipinski definition) is 2. The monoisotopic (exact) mass is 388 g/mol. The molecule has 0 amide bonds. The van der Waals surface area contributed by atoms with Crippen molar-refractivity contribution in [3.05, 3.63) is 121 Å². The minimum absolute atomic E-state index is 0.879. The van der Waals surface area contributed by atoms with E-state index in [0.717, 1.165) is 13.1 Å². The summed E-state index contributed by atoms with van der Waals surface area (Å²) in [5, 5.41) is 6.54. The standard InChI is InChI=1S/C28H24N2/c1-4-25(21-8-12-23(13-9-21)27-6-2-16-29-19-27)18-26(5-1)22-10-14-24(15-11-22)28-7-3-17-30-20-28/h1-16,18,20,29-30H,17,19H2. The summed E-state index contributed by atoms with van der Waals surface area (Å²) in [4.78, 5) is 0. The van der Waals surface area contributed by atoms with E-state index < -0.39 is 0 Å². The van der Waals surface area contributed by atoms with Gasteiger partial charge in [0.05, 0.1) is 0 Å². The Hall–Kier alpha value is -3.78. The number of benzene rings is 3. The molecule has 3 aromatic rings. The van der Waals surface area contributed by atoms with Crippen molar-refractivity contribution in [2.45, 2.75) is 0 Å². The highest BCUT2D eigenvalue weighted by atomic mass is 14.8. The zero-order chi connectivity index (χ0) is 20.2. The fourth-order valence-electron chi connectivity index (χ4n) is 3.92. The molecule has 2 heterocycles. The van der Waals surface area contributed by atoms with Crippen molar-refractivity contribution in [3.8, 4) is 22.3 Å².